The molecular formula is C11H14ClN5O2. The van der Waals surface area contributed by atoms with E-state index in [1.807, 2.05) is 0 Å². The Kier molecular flexibility index (Phi) is 4.96. The molecule has 1 heterocycles. The lowest BCUT2D eigenvalue weighted by Crippen LogP contribution is -2.32. The zero-order valence-corrected chi connectivity index (χ0v) is 11.2. The Bertz CT molecular complexity index is 510. The van der Waals surface area contributed by atoms with Crippen molar-refractivity contribution in [1.29, 1.82) is 5.41 Å². The standard InChI is InChI=1S/C11H14ClN5O2/c1-11(2,19)9(4-13)16-17-10-8(12)3-7(5-14-10)15-6-18/h3-6,13,19H,1-2H3,(H,14,17)(H,15,18)/b13-4?,16-9+. The van der Waals surface area contributed by atoms with Crippen LogP contribution in [0.4, 0.5) is 11.5 Å². The number of rotatable bonds is 6. The van der Waals surface area contributed by atoms with Crippen molar-refractivity contribution in [2.75, 3.05) is 10.7 Å². The quantitative estimate of drug-likeness (QED) is 0.360. The minimum atomic E-state index is -1.25. The van der Waals surface area contributed by atoms with Crippen LogP contribution in [0.1, 0.15) is 13.8 Å². The van der Waals surface area contributed by atoms with Crippen LogP contribution in [0, 0.1) is 5.41 Å². The average molecular weight is 284 g/mol. The Morgan fingerprint density at radius 1 is 1.63 bits per heavy atom. The lowest BCUT2D eigenvalue weighted by molar-refractivity contribution is -0.105. The molecule has 19 heavy (non-hydrogen) atoms. The molecular weight excluding hydrogens is 270 g/mol. The zero-order chi connectivity index (χ0) is 14.5. The molecule has 0 aliphatic carbocycles. The molecule has 1 amide bonds. The van der Waals surface area contributed by atoms with Crippen LogP contribution in [0.2, 0.25) is 5.02 Å². The Hall–Kier alpha value is -1.99. The fourth-order valence-electron chi connectivity index (χ4n) is 1.13. The van der Waals surface area contributed by atoms with E-state index in [4.69, 9.17) is 17.0 Å². The van der Waals surface area contributed by atoms with Crippen molar-refractivity contribution in [2.45, 2.75) is 19.4 Å². The molecule has 0 atom stereocenters. The Morgan fingerprint density at radius 2 is 2.32 bits per heavy atom. The summed E-state index contributed by atoms with van der Waals surface area (Å²) >= 11 is 5.94. The molecule has 8 heteroatoms. The molecule has 0 spiro atoms. The monoisotopic (exact) mass is 283 g/mol. The molecule has 1 aromatic heterocycles. The van der Waals surface area contributed by atoms with Gasteiger partial charge in [-0.15, -0.1) is 0 Å². The van der Waals surface area contributed by atoms with Crippen LogP contribution in [0.15, 0.2) is 17.4 Å². The third kappa shape index (κ3) is 4.31. The fraction of sp³-hybridized carbons (Fsp3) is 0.273. The molecule has 0 aromatic carbocycles. The normalized spacial score (nSPS) is 11.9. The molecule has 7 nitrogen and oxygen atoms in total. The van der Waals surface area contributed by atoms with Crippen LogP contribution in [0.25, 0.3) is 0 Å². The second-order valence-electron chi connectivity index (χ2n) is 4.13. The highest BCUT2D eigenvalue weighted by molar-refractivity contribution is 6.34. The SMILES string of the molecule is CC(C)(O)/C(C=N)=N/Nc1ncc(NC=O)cc1Cl. The molecule has 4 N–H and O–H groups in total. The van der Waals surface area contributed by atoms with Gasteiger partial charge in [-0.1, -0.05) is 11.6 Å². The highest BCUT2D eigenvalue weighted by atomic mass is 35.5. The molecule has 0 aliphatic rings. The van der Waals surface area contributed by atoms with Gasteiger partial charge in [0.25, 0.3) is 0 Å². The van der Waals surface area contributed by atoms with Gasteiger partial charge in [0.15, 0.2) is 5.82 Å². The van der Waals surface area contributed by atoms with Gasteiger partial charge < -0.3 is 15.8 Å². The summed E-state index contributed by atoms with van der Waals surface area (Å²) in [5.41, 5.74) is 1.88. The summed E-state index contributed by atoms with van der Waals surface area (Å²) in [5, 5.41) is 23.4. The minimum absolute atomic E-state index is 0.125. The molecule has 0 aliphatic heterocycles. The van der Waals surface area contributed by atoms with Crippen LogP contribution in [0.5, 0.6) is 0 Å². The van der Waals surface area contributed by atoms with Gasteiger partial charge in [-0.05, 0) is 19.9 Å². The molecule has 0 fully saturated rings. The number of hydrogen-bond acceptors (Lipinski definition) is 6. The summed E-state index contributed by atoms with van der Waals surface area (Å²) in [6, 6.07) is 1.50. The van der Waals surface area contributed by atoms with Gasteiger partial charge in [0.2, 0.25) is 6.41 Å². The van der Waals surface area contributed by atoms with Gasteiger partial charge in [-0.2, -0.15) is 5.10 Å². The first-order valence-corrected chi connectivity index (χ1v) is 5.69. The number of anilines is 2. The number of nitrogens with one attached hydrogen (secondary N) is 3. The van der Waals surface area contributed by atoms with E-state index in [0.29, 0.717) is 12.1 Å². The minimum Gasteiger partial charge on any atom is -0.384 e. The lowest BCUT2D eigenvalue weighted by atomic mass is 10.0. The van der Waals surface area contributed by atoms with Crippen LogP contribution in [-0.4, -0.2) is 34.0 Å². The van der Waals surface area contributed by atoms with Crippen LogP contribution in [-0.2, 0) is 4.79 Å². The molecule has 0 radical (unpaired) electrons. The number of aromatic nitrogens is 1. The van der Waals surface area contributed by atoms with Gasteiger partial charge >= 0.3 is 0 Å². The number of hydrazone groups is 1. The van der Waals surface area contributed by atoms with E-state index in [-0.39, 0.29) is 16.6 Å². The summed E-state index contributed by atoms with van der Waals surface area (Å²) in [4.78, 5) is 14.2. The molecule has 0 bridgehead atoms. The van der Waals surface area contributed by atoms with E-state index in [1.165, 1.54) is 26.1 Å². The highest BCUT2D eigenvalue weighted by Crippen LogP contribution is 2.22. The molecule has 0 saturated heterocycles. The van der Waals surface area contributed by atoms with Crippen LogP contribution in [0.3, 0.4) is 0 Å². The number of aliphatic hydroxyl groups is 1. The van der Waals surface area contributed by atoms with Gasteiger partial charge in [0.1, 0.15) is 11.3 Å². The molecule has 0 saturated carbocycles. The summed E-state index contributed by atoms with van der Waals surface area (Å²) in [6.07, 6.45) is 2.84. The second-order valence-corrected chi connectivity index (χ2v) is 4.54. The third-order valence-electron chi connectivity index (χ3n) is 2.11. The summed E-state index contributed by atoms with van der Waals surface area (Å²) < 4.78 is 0. The Labute approximate surface area is 115 Å². The van der Waals surface area contributed by atoms with Gasteiger partial charge in [0, 0.05) is 6.21 Å². The predicted molar refractivity (Wildman–Crippen MR) is 75.1 cm³/mol. The lowest BCUT2D eigenvalue weighted by Gasteiger charge is -2.16. The predicted octanol–water partition coefficient (Wildman–Crippen LogP) is 1.49. The number of halogens is 1. The molecule has 0 unspecified atom stereocenters. The fourth-order valence-corrected chi connectivity index (χ4v) is 1.33. The number of pyridine rings is 1. The number of carbonyl (C=O) groups is 1. The van der Waals surface area contributed by atoms with Crippen molar-refractivity contribution in [1.82, 2.24) is 4.98 Å². The highest BCUT2D eigenvalue weighted by Gasteiger charge is 2.19. The van der Waals surface area contributed by atoms with Crippen molar-refractivity contribution in [2.24, 2.45) is 5.10 Å². The van der Waals surface area contributed by atoms with Crippen molar-refractivity contribution in [3.8, 4) is 0 Å². The number of carbonyl (C=O) groups excluding carboxylic acids is 1. The van der Waals surface area contributed by atoms with Gasteiger partial charge in [-0.25, -0.2) is 4.98 Å². The first-order chi connectivity index (χ1) is 8.88. The Balaban J connectivity index is 2.91. The summed E-state index contributed by atoms with van der Waals surface area (Å²) in [6.45, 7) is 3.01. The third-order valence-corrected chi connectivity index (χ3v) is 2.40. The smallest absolute Gasteiger partial charge is 0.211 e. The maximum Gasteiger partial charge on any atom is 0.211 e. The van der Waals surface area contributed by atoms with Crippen molar-refractivity contribution in [3.63, 3.8) is 0 Å². The number of amides is 1. The van der Waals surface area contributed by atoms with E-state index in [2.05, 4.69) is 20.8 Å². The maximum atomic E-state index is 10.3. The largest absolute Gasteiger partial charge is 0.384 e. The van der Waals surface area contributed by atoms with E-state index in [9.17, 15) is 9.90 Å². The second kappa shape index (κ2) is 6.26. The van der Waals surface area contributed by atoms with E-state index < -0.39 is 5.60 Å². The Morgan fingerprint density at radius 3 is 2.79 bits per heavy atom. The molecule has 1 rings (SSSR count). The zero-order valence-electron chi connectivity index (χ0n) is 10.4. The van der Waals surface area contributed by atoms with E-state index >= 15 is 0 Å². The van der Waals surface area contributed by atoms with Crippen molar-refractivity contribution in [3.05, 3.63) is 17.3 Å². The van der Waals surface area contributed by atoms with Gasteiger partial charge in [0.05, 0.1) is 16.9 Å². The maximum absolute atomic E-state index is 10.3. The average Bonchev–Trinajstić information content (AvgIpc) is 2.31. The van der Waals surface area contributed by atoms with Crippen molar-refractivity contribution < 1.29 is 9.90 Å². The molecule has 102 valence electrons. The number of hydrogen-bond donors (Lipinski definition) is 4. The van der Waals surface area contributed by atoms with E-state index in [1.54, 1.807) is 0 Å². The topological polar surface area (TPSA) is 110 Å². The van der Waals surface area contributed by atoms with Crippen LogP contribution >= 0.6 is 11.6 Å². The van der Waals surface area contributed by atoms with E-state index in [0.717, 1.165) is 6.21 Å². The first-order valence-electron chi connectivity index (χ1n) is 5.31. The first kappa shape index (κ1) is 15.1. The molecule has 1 aromatic rings. The summed E-state index contributed by atoms with van der Waals surface area (Å²) in [7, 11) is 0. The van der Waals surface area contributed by atoms with Gasteiger partial charge in [-0.3, -0.25) is 10.2 Å². The van der Waals surface area contributed by atoms with Crippen molar-refractivity contribution >= 4 is 41.4 Å². The number of nitrogens with zero attached hydrogens (tertiary/aromatic N) is 2. The van der Waals surface area contributed by atoms with Crippen LogP contribution < -0.4 is 10.7 Å². The summed E-state index contributed by atoms with van der Waals surface area (Å²) in [5.74, 6) is 0.252.